The number of nitrogens with one attached hydrogen (secondary N) is 1. The summed E-state index contributed by atoms with van der Waals surface area (Å²) < 4.78 is 18.5. The van der Waals surface area contributed by atoms with Crippen LogP contribution in [0.5, 0.6) is 5.75 Å². The van der Waals surface area contributed by atoms with E-state index in [1.165, 1.54) is 18.2 Å². The van der Waals surface area contributed by atoms with E-state index in [1.807, 2.05) is 20.8 Å². The van der Waals surface area contributed by atoms with Gasteiger partial charge < -0.3 is 15.2 Å². The molecule has 0 aliphatic rings. The van der Waals surface area contributed by atoms with Crippen molar-refractivity contribution in [2.75, 3.05) is 6.61 Å². The van der Waals surface area contributed by atoms with E-state index >= 15 is 0 Å². The van der Waals surface area contributed by atoms with E-state index in [1.54, 1.807) is 13.0 Å². The third-order valence-corrected chi connectivity index (χ3v) is 3.26. The minimum atomic E-state index is -0.740. The lowest BCUT2D eigenvalue weighted by atomic mass is 9.85. The molecule has 1 aromatic rings. The van der Waals surface area contributed by atoms with Crippen molar-refractivity contribution in [2.24, 2.45) is 5.41 Å². The number of carbonyl (C=O) groups is 1. The van der Waals surface area contributed by atoms with Crippen LogP contribution in [-0.2, 0) is 4.79 Å². The molecule has 5 heteroatoms. The number of ether oxygens (including phenoxy) is 1. The monoisotopic (exact) mass is 297 g/mol. The zero-order chi connectivity index (χ0) is 16.0. The Kier molecular flexibility index (Phi) is 6.15. The number of aliphatic hydroxyl groups excluding tert-OH is 1. The van der Waals surface area contributed by atoms with Crippen LogP contribution in [0.2, 0.25) is 0 Å². The summed E-state index contributed by atoms with van der Waals surface area (Å²) in [6, 6.07) is 5.52. The molecular weight excluding hydrogens is 273 g/mol. The molecule has 0 aliphatic heterocycles. The number of rotatable bonds is 6. The normalized spacial score (nSPS) is 14.4. The maximum absolute atomic E-state index is 13.1. The summed E-state index contributed by atoms with van der Waals surface area (Å²) >= 11 is 0. The third kappa shape index (κ3) is 5.71. The largest absolute Gasteiger partial charge is 0.481 e. The number of hydrogen-bond acceptors (Lipinski definition) is 3. The molecule has 0 fully saturated rings. The molecule has 0 saturated heterocycles. The molecule has 4 nitrogen and oxygen atoms in total. The number of carbonyl (C=O) groups excluding carboxylic acids is 1. The molecule has 21 heavy (non-hydrogen) atoms. The fraction of sp³-hybridized carbons (Fsp3) is 0.562. The van der Waals surface area contributed by atoms with Crippen LogP contribution in [0.25, 0.3) is 0 Å². The van der Waals surface area contributed by atoms with Crippen molar-refractivity contribution in [3.63, 3.8) is 0 Å². The summed E-state index contributed by atoms with van der Waals surface area (Å²) in [4.78, 5) is 12.2. The van der Waals surface area contributed by atoms with Crippen molar-refractivity contribution >= 4 is 5.91 Å². The summed E-state index contributed by atoms with van der Waals surface area (Å²) in [5, 5.41) is 12.0. The van der Waals surface area contributed by atoms with Crippen LogP contribution in [0.4, 0.5) is 4.39 Å². The lowest BCUT2D eigenvalue weighted by Gasteiger charge is -2.32. The zero-order valence-electron chi connectivity index (χ0n) is 13.0. The highest BCUT2D eigenvalue weighted by Crippen LogP contribution is 2.22. The topological polar surface area (TPSA) is 58.6 Å². The first-order valence-electron chi connectivity index (χ1n) is 7.07. The highest BCUT2D eigenvalue weighted by molar-refractivity contribution is 5.81. The molecule has 0 aliphatic carbocycles. The van der Waals surface area contributed by atoms with Crippen molar-refractivity contribution in [2.45, 2.75) is 46.3 Å². The molecule has 0 spiro atoms. The molecule has 118 valence electrons. The summed E-state index contributed by atoms with van der Waals surface area (Å²) in [7, 11) is 0. The smallest absolute Gasteiger partial charge is 0.261 e. The van der Waals surface area contributed by atoms with Crippen molar-refractivity contribution in [3.8, 4) is 5.75 Å². The SMILES string of the molecule is CC(Oc1cccc(F)c1)C(=O)NC(CCO)C(C)(C)C. The number of hydrogen-bond donors (Lipinski definition) is 2. The van der Waals surface area contributed by atoms with Gasteiger partial charge in [0.15, 0.2) is 6.10 Å². The van der Waals surface area contributed by atoms with Gasteiger partial charge in [0, 0.05) is 18.7 Å². The summed E-state index contributed by atoms with van der Waals surface area (Å²) in [6.45, 7) is 7.59. The Morgan fingerprint density at radius 3 is 2.62 bits per heavy atom. The summed E-state index contributed by atoms with van der Waals surface area (Å²) in [5.41, 5.74) is -0.170. The van der Waals surface area contributed by atoms with Crippen LogP contribution in [0, 0.1) is 11.2 Å². The molecular formula is C16H24FNO3. The van der Waals surface area contributed by atoms with Gasteiger partial charge in [-0.05, 0) is 30.9 Å². The predicted molar refractivity (Wildman–Crippen MR) is 79.6 cm³/mol. The van der Waals surface area contributed by atoms with E-state index < -0.39 is 11.9 Å². The van der Waals surface area contributed by atoms with Gasteiger partial charge in [-0.1, -0.05) is 26.8 Å². The quantitative estimate of drug-likeness (QED) is 0.848. The van der Waals surface area contributed by atoms with Crippen LogP contribution in [0.3, 0.4) is 0 Å². The van der Waals surface area contributed by atoms with E-state index in [9.17, 15) is 9.18 Å². The first-order valence-corrected chi connectivity index (χ1v) is 7.07. The Morgan fingerprint density at radius 2 is 2.10 bits per heavy atom. The molecule has 0 aromatic heterocycles. The first-order chi connectivity index (χ1) is 9.74. The Bertz CT molecular complexity index is 471. The second-order valence-electron chi connectivity index (χ2n) is 6.16. The number of aliphatic hydroxyl groups is 1. The van der Waals surface area contributed by atoms with Crippen molar-refractivity contribution < 1.29 is 19.0 Å². The lowest BCUT2D eigenvalue weighted by Crippen LogP contribution is -2.48. The molecule has 2 atom stereocenters. The summed E-state index contributed by atoms with van der Waals surface area (Å²) in [6.07, 6.45) is -0.266. The van der Waals surface area contributed by atoms with Crippen LogP contribution in [-0.4, -0.2) is 29.8 Å². The van der Waals surface area contributed by atoms with E-state index in [2.05, 4.69) is 5.32 Å². The number of halogens is 1. The van der Waals surface area contributed by atoms with Gasteiger partial charge in [-0.15, -0.1) is 0 Å². The molecule has 0 saturated carbocycles. The van der Waals surface area contributed by atoms with E-state index in [4.69, 9.17) is 9.84 Å². The fourth-order valence-corrected chi connectivity index (χ4v) is 1.94. The molecule has 1 rings (SSSR count). The van der Waals surface area contributed by atoms with Gasteiger partial charge in [0.25, 0.3) is 5.91 Å². The zero-order valence-corrected chi connectivity index (χ0v) is 13.0. The van der Waals surface area contributed by atoms with Gasteiger partial charge in [-0.2, -0.15) is 0 Å². The molecule has 0 radical (unpaired) electrons. The Balaban J connectivity index is 2.65. The number of amides is 1. The fourth-order valence-electron chi connectivity index (χ4n) is 1.94. The highest BCUT2D eigenvalue weighted by atomic mass is 19.1. The molecule has 1 aromatic carbocycles. The van der Waals surface area contributed by atoms with Crippen LogP contribution in [0.1, 0.15) is 34.1 Å². The molecule has 0 heterocycles. The second-order valence-corrected chi connectivity index (χ2v) is 6.16. The average molecular weight is 297 g/mol. The Labute approximate surface area is 125 Å². The Morgan fingerprint density at radius 1 is 1.43 bits per heavy atom. The number of benzene rings is 1. The van der Waals surface area contributed by atoms with Crippen LogP contribution in [0.15, 0.2) is 24.3 Å². The van der Waals surface area contributed by atoms with Gasteiger partial charge in [0.2, 0.25) is 0 Å². The maximum Gasteiger partial charge on any atom is 0.261 e. The molecule has 0 bridgehead atoms. The van der Waals surface area contributed by atoms with E-state index in [0.717, 1.165) is 0 Å². The lowest BCUT2D eigenvalue weighted by molar-refractivity contribution is -0.128. The first kappa shape index (κ1) is 17.4. The molecule has 2 unspecified atom stereocenters. The summed E-state index contributed by atoms with van der Waals surface area (Å²) in [5.74, 6) is -0.382. The van der Waals surface area contributed by atoms with E-state index in [-0.39, 0.29) is 24.0 Å². The van der Waals surface area contributed by atoms with Crippen molar-refractivity contribution in [3.05, 3.63) is 30.1 Å². The molecule has 1 amide bonds. The average Bonchev–Trinajstić information content (AvgIpc) is 2.37. The van der Waals surface area contributed by atoms with Gasteiger partial charge in [-0.3, -0.25) is 4.79 Å². The van der Waals surface area contributed by atoms with Gasteiger partial charge in [-0.25, -0.2) is 4.39 Å². The minimum Gasteiger partial charge on any atom is -0.481 e. The Hall–Kier alpha value is -1.62. The van der Waals surface area contributed by atoms with Crippen molar-refractivity contribution in [1.82, 2.24) is 5.32 Å². The predicted octanol–water partition coefficient (Wildman–Crippen LogP) is 2.51. The molecule has 2 N–H and O–H groups in total. The minimum absolute atomic E-state index is 0.00134. The van der Waals surface area contributed by atoms with Crippen LogP contribution >= 0.6 is 0 Å². The van der Waals surface area contributed by atoms with Gasteiger partial charge in [0.1, 0.15) is 11.6 Å². The highest BCUT2D eigenvalue weighted by Gasteiger charge is 2.27. The maximum atomic E-state index is 13.1. The third-order valence-electron chi connectivity index (χ3n) is 3.26. The van der Waals surface area contributed by atoms with Crippen LogP contribution < -0.4 is 10.1 Å². The standard InChI is InChI=1S/C16H24FNO3/c1-11(21-13-7-5-6-12(17)10-13)15(20)18-14(8-9-19)16(2,3)4/h5-7,10-11,14,19H,8-9H2,1-4H3,(H,18,20). The van der Waals surface area contributed by atoms with Crippen molar-refractivity contribution in [1.29, 1.82) is 0 Å². The van der Waals surface area contributed by atoms with Gasteiger partial charge >= 0.3 is 0 Å². The second kappa shape index (κ2) is 7.41. The van der Waals surface area contributed by atoms with Gasteiger partial charge in [0.05, 0.1) is 0 Å². The van der Waals surface area contributed by atoms with E-state index in [0.29, 0.717) is 12.2 Å².